The lowest BCUT2D eigenvalue weighted by Crippen LogP contribution is -2.10. The summed E-state index contributed by atoms with van der Waals surface area (Å²) in [6.45, 7) is 0. The van der Waals surface area contributed by atoms with Gasteiger partial charge in [-0.1, -0.05) is 0 Å². The highest BCUT2D eigenvalue weighted by Gasteiger charge is 2.22. The topological polar surface area (TPSA) is 81.1 Å². The van der Waals surface area contributed by atoms with Crippen molar-refractivity contribution in [3.05, 3.63) is 10.9 Å². The van der Waals surface area contributed by atoms with E-state index in [1.807, 2.05) is 0 Å². The van der Waals surface area contributed by atoms with Crippen LogP contribution in [0.25, 0.3) is 0 Å². The van der Waals surface area contributed by atoms with Crippen LogP contribution < -0.4 is 16.8 Å². The van der Waals surface area contributed by atoms with Crippen molar-refractivity contribution in [3.8, 4) is 0 Å². The second kappa shape index (κ2) is 2.92. The standard InChI is InChI=1S/C8H11N3OS/c9-5-3-6(11-4-1-2-4)13-7(5)8(10)12/h3-4,11H,1-2,9H2,(H2,10,12). The molecule has 5 N–H and O–H groups in total. The molecule has 1 aromatic rings. The highest BCUT2D eigenvalue weighted by atomic mass is 32.1. The highest BCUT2D eigenvalue weighted by molar-refractivity contribution is 7.18. The molecule has 1 aliphatic rings. The summed E-state index contributed by atoms with van der Waals surface area (Å²) in [6.07, 6.45) is 2.40. The summed E-state index contributed by atoms with van der Waals surface area (Å²) < 4.78 is 0. The summed E-state index contributed by atoms with van der Waals surface area (Å²) in [6, 6.07) is 2.34. The van der Waals surface area contributed by atoms with Gasteiger partial charge in [0.25, 0.3) is 5.91 Å². The number of anilines is 2. The molecule has 0 bridgehead atoms. The van der Waals surface area contributed by atoms with E-state index < -0.39 is 5.91 Å². The molecule has 0 aliphatic heterocycles. The minimum Gasteiger partial charge on any atom is -0.397 e. The van der Waals surface area contributed by atoms with Gasteiger partial charge in [-0.05, 0) is 18.9 Å². The summed E-state index contributed by atoms with van der Waals surface area (Å²) in [5.74, 6) is -0.452. The normalized spacial score (nSPS) is 15.7. The third-order valence-corrected chi connectivity index (χ3v) is 3.00. The lowest BCUT2D eigenvalue weighted by molar-refractivity contribution is 0.100. The van der Waals surface area contributed by atoms with Gasteiger partial charge in [0, 0.05) is 6.04 Å². The number of nitrogen functional groups attached to an aromatic ring is 1. The summed E-state index contributed by atoms with van der Waals surface area (Å²) in [5, 5.41) is 4.20. The fraction of sp³-hybridized carbons (Fsp3) is 0.375. The van der Waals surface area contributed by atoms with Gasteiger partial charge in [0.1, 0.15) is 4.88 Å². The van der Waals surface area contributed by atoms with Crippen LogP contribution in [0.2, 0.25) is 0 Å². The Bertz CT molecular complexity index is 343. The number of hydrogen-bond donors (Lipinski definition) is 3. The van der Waals surface area contributed by atoms with Crippen molar-refractivity contribution in [3.63, 3.8) is 0 Å². The molecule has 0 saturated heterocycles. The third kappa shape index (κ3) is 1.75. The maximum absolute atomic E-state index is 10.9. The zero-order valence-corrected chi connectivity index (χ0v) is 7.86. The lowest BCUT2D eigenvalue weighted by atomic mass is 10.4. The number of thiophene rings is 1. The van der Waals surface area contributed by atoms with Crippen molar-refractivity contribution in [2.45, 2.75) is 18.9 Å². The SMILES string of the molecule is NC(=O)c1sc(NC2CC2)cc1N. The van der Waals surface area contributed by atoms with Crippen molar-refractivity contribution in [1.82, 2.24) is 0 Å². The summed E-state index contributed by atoms with van der Waals surface area (Å²) in [7, 11) is 0. The van der Waals surface area contributed by atoms with Gasteiger partial charge >= 0.3 is 0 Å². The molecular formula is C8H11N3OS. The average Bonchev–Trinajstić information content (AvgIpc) is 2.75. The number of nitrogens with two attached hydrogens (primary N) is 2. The van der Waals surface area contributed by atoms with Crippen LogP contribution >= 0.6 is 11.3 Å². The predicted octanol–water partition coefficient (Wildman–Crippen LogP) is 1.00. The number of primary amides is 1. The monoisotopic (exact) mass is 197 g/mol. The van der Waals surface area contributed by atoms with E-state index in [9.17, 15) is 4.79 Å². The molecule has 0 radical (unpaired) electrons. The largest absolute Gasteiger partial charge is 0.397 e. The molecule has 5 heteroatoms. The molecule has 70 valence electrons. The molecular weight excluding hydrogens is 186 g/mol. The van der Waals surface area contributed by atoms with Crippen molar-refractivity contribution >= 4 is 27.9 Å². The fourth-order valence-corrected chi connectivity index (χ4v) is 2.01. The lowest BCUT2D eigenvalue weighted by Gasteiger charge is -1.96. The smallest absolute Gasteiger partial charge is 0.260 e. The highest BCUT2D eigenvalue weighted by Crippen LogP contribution is 2.33. The molecule has 1 amide bonds. The summed E-state index contributed by atoms with van der Waals surface area (Å²) in [4.78, 5) is 11.3. The van der Waals surface area contributed by atoms with Crippen LogP contribution in [-0.4, -0.2) is 11.9 Å². The summed E-state index contributed by atoms with van der Waals surface area (Å²) in [5.41, 5.74) is 11.2. The van der Waals surface area contributed by atoms with Crippen molar-refractivity contribution in [1.29, 1.82) is 0 Å². The van der Waals surface area contributed by atoms with Crippen LogP contribution in [0.3, 0.4) is 0 Å². The molecule has 4 nitrogen and oxygen atoms in total. The van der Waals surface area contributed by atoms with Crippen molar-refractivity contribution in [2.75, 3.05) is 11.1 Å². The van der Waals surface area contributed by atoms with E-state index >= 15 is 0 Å². The average molecular weight is 197 g/mol. The number of carbonyl (C=O) groups is 1. The van der Waals surface area contributed by atoms with Crippen LogP contribution in [0, 0.1) is 0 Å². The molecule has 1 heterocycles. The second-order valence-electron chi connectivity index (χ2n) is 3.18. The van der Waals surface area contributed by atoms with Gasteiger partial charge in [0.05, 0.1) is 10.7 Å². The fourth-order valence-electron chi connectivity index (χ4n) is 1.10. The van der Waals surface area contributed by atoms with Gasteiger partial charge in [-0.2, -0.15) is 0 Å². The first-order valence-corrected chi connectivity index (χ1v) is 4.94. The summed E-state index contributed by atoms with van der Waals surface area (Å²) >= 11 is 1.33. The van der Waals surface area contributed by atoms with E-state index in [0.29, 0.717) is 16.6 Å². The first-order valence-electron chi connectivity index (χ1n) is 4.12. The van der Waals surface area contributed by atoms with Gasteiger partial charge in [0.2, 0.25) is 0 Å². The first-order chi connectivity index (χ1) is 6.16. The second-order valence-corrected chi connectivity index (χ2v) is 4.23. The number of nitrogens with one attached hydrogen (secondary N) is 1. The maximum atomic E-state index is 10.9. The Kier molecular flexibility index (Phi) is 1.88. The molecule has 1 fully saturated rings. The van der Waals surface area contributed by atoms with Gasteiger partial charge in [-0.25, -0.2) is 0 Å². The molecule has 0 unspecified atom stereocenters. The molecule has 1 saturated carbocycles. The van der Waals surface area contributed by atoms with Crippen LogP contribution in [0.5, 0.6) is 0 Å². The minimum atomic E-state index is -0.452. The Balaban J connectivity index is 2.18. The van der Waals surface area contributed by atoms with Crippen LogP contribution in [0.15, 0.2) is 6.07 Å². The quantitative estimate of drug-likeness (QED) is 0.676. The Morgan fingerprint density at radius 3 is 2.77 bits per heavy atom. The van der Waals surface area contributed by atoms with Gasteiger partial charge in [-0.15, -0.1) is 11.3 Å². The zero-order valence-electron chi connectivity index (χ0n) is 7.04. The molecule has 0 aromatic carbocycles. The van der Waals surface area contributed by atoms with Crippen LogP contribution in [-0.2, 0) is 0 Å². The molecule has 0 spiro atoms. The number of carbonyl (C=O) groups excluding carboxylic acids is 1. The van der Waals surface area contributed by atoms with E-state index in [4.69, 9.17) is 11.5 Å². The number of hydrogen-bond acceptors (Lipinski definition) is 4. The van der Waals surface area contributed by atoms with Crippen molar-refractivity contribution in [2.24, 2.45) is 5.73 Å². The maximum Gasteiger partial charge on any atom is 0.260 e. The van der Waals surface area contributed by atoms with E-state index in [2.05, 4.69) is 5.32 Å². The van der Waals surface area contributed by atoms with E-state index in [1.165, 1.54) is 24.2 Å². The number of rotatable bonds is 3. The Hall–Kier alpha value is -1.23. The first kappa shape index (κ1) is 8.37. The Morgan fingerprint density at radius 1 is 1.62 bits per heavy atom. The van der Waals surface area contributed by atoms with E-state index in [-0.39, 0.29) is 0 Å². The van der Waals surface area contributed by atoms with Gasteiger partial charge in [-0.3, -0.25) is 4.79 Å². The zero-order chi connectivity index (χ0) is 9.42. The van der Waals surface area contributed by atoms with Gasteiger partial charge in [0.15, 0.2) is 0 Å². The Morgan fingerprint density at radius 2 is 2.31 bits per heavy atom. The molecule has 2 rings (SSSR count). The van der Waals surface area contributed by atoms with Crippen molar-refractivity contribution < 1.29 is 4.79 Å². The van der Waals surface area contributed by atoms with E-state index in [1.54, 1.807) is 6.07 Å². The minimum absolute atomic E-state index is 0.447. The molecule has 0 atom stereocenters. The molecule has 1 aliphatic carbocycles. The molecule has 1 aromatic heterocycles. The van der Waals surface area contributed by atoms with Crippen LogP contribution in [0.4, 0.5) is 10.7 Å². The van der Waals surface area contributed by atoms with E-state index in [0.717, 1.165) is 5.00 Å². The van der Waals surface area contributed by atoms with Gasteiger partial charge < -0.3 is 16.8 Å². The number of amides is 1. The van der Waals surface area contributed by atoms with Crippen LogP contribution in [0.1, 0.15) is 22.5 Å². The third-order valence-electron chi connectivity index (χ3n) is 1.91. The Labute approximate surface area is 79.9 Å². The predicted molar refractivity (Wildman–Crippen MR) is 53.9 cm³/mol. The molecule has 13 heavy (non-hydrogen) atoms.